The third kappa shape index (κ3) is 4.63. The van der Waals surface area contributed by atoms with E-state index in [0.717, 1.165) is 19.6 Å². The average molecular weight is 375 g/mol. The van der Waals surface area contributed by atoms with E-state index in [2.05, 4.69) is 29.2 Å². The first-order valence-corrected chi connectivity index (χ1v) is 10.8. The predicted octanol–water partition coefficient (Wildman–Crippen LogP) is 2.14. The summed E-state index contributed by atoms with van der Waals surface area (Å²) < 4.78 is 28.7. The summed E-state index contributed by atoms with van der Waals surface area (Å²) in [5.41, 5.74) is 7.34. The van der Waals surface area contributed by atoms with Crippen LogP contribution >= 0.6 is 0 Å². The molecular weight excluding hydrogens is 348 g/mol. The Labute approximate surface area is 155 Å². The van der Waals surface area contributed by atoms with Gasteiger partial charge >= 0.3 is 0 Å². The molecular formula is C20H26N2O3S. The van der Waals surface area contributed by atoms with Gasteiger partial charge in [0.15, 0.2) is 9.84 Å². The van der Waals surface area contributed by atoms with Crippen molar-refractivity contribution in [2.45, 2.75) is 10.8 Å². The lowest BCUT2D eigenvalue weighted by molar-refractivity contribution is 0.232. The molecule has 2 N–H and O–H groups in total. The summed E-state index contributed by atoms with van der Waals surface area (Å²) in [4.78, 5) is 2.70. The Morgan fingerprint density at radius 3 is 2.38 bits per heavy atom. The van der Waals surface area contributed by atoms with E-state index in [0.29, 0.717) is 35.6 Å². The summed E-state index contributed by atoms with van der Waals surface area (Å²) in [6.45, 7) is 4.04. The van der Waals surface area contributed by atoms with Crippen LogP contribution in [0.2, 0.25) is 0 Å². The van der Waals surface area contributed by atoms with Crippen LogP contribution in [0.3, 0.4) is 0 Å². The normalized spacial score (nSPS) is 21.0. The highest BCUT2D eigenvalue weighted by Crippen LogP contribution is 2.31. The molecule has 2 aromatic carbocycles. The van der Waals surface area contributed by atoms with Gasteiger partial charge in [0.05, 0.1) is 4.90 Å². The monoisotopic (exact) mass is 374 g/mol. The molecule has 140 valence electrons. The molecule has 1 saturated heterocycles. The van der Waals surface area contributed by atoms with E-state index in [1.807, 2.05) is 6.07 Å². The van der Waals surface area contributed by atoms with E-state index in [1.165, 1.54) is 11.8 Å². The van der Waals surface area contributed by atoms with Crippen molar-refractivity contribution in [1.82, 2.24) is 4.90 Å². The van der Waals surface area contributed by atoms with Crippen LogP contribution in [0.25, 0.3) is 0 Å². The molecule has 0 amide bonds. The number of nitrogens with two attached hydrogens (primary N) is 1. The number of benzene rings is 2. The third-order valence-corrected chi connectivity index (χ3v) is 6.10. The number of nitrogens with zero attached hydrogens (tertiary/aromatic N) is 1. The van der Waals surface area contributed by atoms with Crippen LogP contribution in [-0.4, -0.2) is 52.4 Å². The van der Waals surface area contributed by atoms with Crippen LogP contribution in [0.5, 0.6) is 5.75 Å². The fourth-order valence-corrected chi connectivity index (χ4v) is 4.17. The molecule has 2 aromatic rings. The molecule has 0 aliphatic carbocycles. The molecule has 0 unspecified atom stereocenters. The molecule has 6 heteroatoms. The molecule has 0 radical (unpaired) electrons. The lowest BCUT2D eigenvalue weighted by Crippen LogP contribution is -2.27. The summed E-state index contributed by atoms with van der Waals surface area (Å²) in [6, 6.07) is 17.1. The second-order valence-corrected chi connectivity index (χ2v) is 8.88. The van der Waals surface area contributed by atoms with E-state index in [9.17, 15) is 8.42 Å². The zero-order valence-electron chi connectivity index (χ0n) is 15.0. The van der Waals surface area contributed by atoms with Gasteiger partial charge in [-0.05, 0) is 42.3 Å². The van der Waals surface area contributed by atoms with Gasteiger partial charge in [-0.1, -0.05) is 30.3 Å². The van der Waals surface area contributed by atoms with E-state index in [-0.39, 0.29) is 0 Å². The number of hydrogen-bond acceptors (Lipinski definition) is 5. The third-order valence-electron chi connectivity index (χ3n) is 4.98. The molecule has 2 atom stereocenters. The minimum Gasteiger partial charge on any atom is -0.492 e. The minimum absolute atomic E-state index is 0.306. The Hall–Kier alpha value is -1.89. The topological polar surface area (TPSA) is 72.6 Å². The average Bonchev–Trinajstić information content (AvgIpc) is 3.05. The first-order chi connectivity index (χ1) is 12.5. The molecule has 0 spiro atoms. The standard InChI is InChI=1S/C20H26N2O3S/c1-26(23,24)19-9-7-18(8-10-19)25-12-11-22-14-17(13-21)20(15-22)16-5-3-2-4-6-16/h2-10,17,20H,11-15,21H2,1H3/t17-,20+/m1/s1. The highest BCUT2D eigenvalue weighted by atomic mass is 32.2. The highest BCUT2D eigenvalue weighted by Gasteiger charge is 2.32. The fraction of sp³-hybridized carbons (Fsp3) is 0.400. The maximum atomic E-state index is 11.5. The second-order valence-electron chi connectivity index (χ2n) is 6.86. The predicted molar refractivity (Wildman–Crippen MR) is 103 cm³/mol. The van der Waals surface area contributed by atoms with E-state index in [4.69, 9.17) is 10.5 Å². The van der Waals surface area contributed by atoms with Gasteiger partial charge in [-0.2, -0.15) is 0 Å². The van der Waals surface area contributed by atoms with Gasteiger partial charge in [0.2, 0.25) is 0 Å². The van der Waals surface area contributed by atoms with Crippen molar-refractivity contribution in [1.29, 1.82) is 0 Å². The summed E-state index contributed by atoms with van der Waals surface area (Å²) in [7, 11) is -3.17. The van der Waals surface area contributed by atoms with E-state index < -0.39 is 9.84 Å². The van der Waals surface area contributed by atoms with Gasteiger partial charge in [-0.3, -0.25) is 4.90 Å². The van der Waals surface area contributed by atoms with Crippen molar-refractivity contribution in [3.05, 3.63) is 60.2 Å². The van der Waals surface area contributed by atoms with Crippen LogP contribution in [-0.2, 0) is 9.84 Å². The van der Waals surface area contributed by atoms with Crippen LogP contribution in [0.1, 0.15) is 11.5 Å². The zero-order valence-corrected chi connectivity index (χ0v) is 15.9. The van der Waals surface area contributed by atoms with Crippen LogP contribution in [0.4, 0.5) is 0 Å². The van der Waals surface area contributed by atoms with E-state index in [1.54, 1.807) is 24.3 Å². The fourth-order valence-electron chi connectivity index (χ4n) is 3.54. The van der Waals surface area contributed by atoms with Gasteiger partial charge in [0.25, 0.3) is 0 Å². The van der Waals surface area contributed by atoms with Gasteiger partial charge in [0.1, 0.15) is 12.4 Å². The SMILES string of the molecule is CS(=O)(=O)c1ccc(OCCN2C[C@@H](CN)[C@H](c3ccccc3)C2)cc1. The van der Waals surface area contributed by atoms with Crippen molar-refractivity contribution < 1.29 is 13.2 Å². The quantitative estimate of drug-likeness (QED) is 0.804. The highest BCUT2D eigenvalue weighted by molar-refractivity contribution is 7.90. The maximum absolute atomic E-state index is 11.5. The minimum atomic E-state index is -3.17. The van der Waals surface area contributed by atoms with Crippen molar-refractivity contribution in [3.8, 4) is 5.75 Å². The van der Waals surface area contributed by atoms with Gasteiger partial charge in [0, 0.05) is 31.8 Å². The Morgan fingerprint density at radius 2 is 1.77 bits per heavy atom. The van der Waals surface area contributed by atoms with Gasteiger partial charge < -0.3 is 10.5 Å². The maximum Gasteiger partial charge on any atom is 0.175 e. The number of hydrogen-bond donors (Lipinski definition) is 1. The summed E-state index contributed by atoms with van der Waals surface area (Å²) in [6.07, 6.45) is 1.20. The first kappa shape index (κ1) is 18.9. The van der Waals surface area contributed by atoms with Crippen LogP contribution in [0, 0.1) is 5.92 Å². The molecule has 3 rings (SSSR count). The molecule has 5 nitrogen and oxygen atoms in total. The zero-order chi connectivity index (χ0) is 18.6. The Kier molecular flexibility index (Phi) is 5.96. The second kappa shape index (κ2) is 8.20. The molecule has 0 saturated carbocycles. The molecule has 1 fully saturated rings. The number of sulfone groups is 1. The smallest absolute Gasteiger partial charge is 0.175 e. The molecule has 0 bridgehead atoms. The molecule has 26 heavy (non-hydrogen) atoms. The first-order valence-electron chi connectivity index (χ1n) is 8.87. The van der Waals surface area contributed by atoms with Crippen molar-refractivity contribution in [3.63, 3.8) is 0 Å². The Morgan fingerprint density at radius 1 is 1.08 bits per heavy atom. The van der Waals surface area contributed by atoms with Crippen molar-refractivity contribution in [2.24, 2.45) is 11.7 Å². The van der Waals surface area contributed by atoms with Crippen molar-refractivity contribution in [2.75, 3.05) is 39.0 Å². The molecule has 1 aliphatic heterocycles. The summed E-state index contributed by atoms with van der Waals surface area (Å²) in [5, 5.41) is 0. The van der Waals surface area contributed by atoms with E-state index >= 15 is 0 Å². The Bertz CT molecular complexity index is 807. The number of likely N-dealkylation sites (tertiary alicyclic amines) is 1. The van der Waals surface area contributed by atoms with Crippen LogP contribution in [0.15, 0.2) is 59.5 Å². The lowest BCUT2D eigenvalue weighted by atomic mass is 9.89. The molecule has 0 aromatic heterocycles. The lowest BCUT2D eigenvalue weighted by Gasteiger charge is -2.17. The summed E-state index contributed by atoms with van der Waals surface area (Å²) in [5.74, 6) is 1.62. The summed E-state index contributed by atoms with van der Waals surface area (Å²) >= 11 is 0. The van der Waals surface area contributed by atoms with Gasteiger partial charge in [-0.15, -0.1) is 0 Å². The van der Waals surface area contributed by atoms with Crippen molar-refractivity contribution >= 4 is 9.84 Å². The Balaban J connectivity index is 1.52. The van der Waals surface area contributed by atoms with Crippen LogP contribution < -0.4 is 10.5 Å². The molecule has 1 heterocycles. The van der Waals surface area contributed by atoms with Gasteiger partial charge in [-0.25, -0.2) is 8.42 Å². The molecule has 1 aliphatic rings. The largest absolute Gasteiger partial charge is 0.492 e. The number of ether oxygens (including phenoxy) is 1. The number of rotatable bonds is 7.